The first-order chi connectivity index (χ1) is 11.9. The van der Waals surface area contributed by atoms with Gasteiger partial charge in [-0.2, -0.15) is 8.42 Å². The van der Waals surface area contributed by atoms with Crippen LogP contribution in [0.3, 0.4) is 0 Å². The second-order valence-corrected chi connectivity index (χ2v) is 6.31. The summed E-state index contributed by atoms with van der Waals surface area (Å²) < 4.78 is 47.2. The molecule has 0 aliphatic heterocycles. The summed E-state index contributed by atoms with van der Waals surface area (Å²) >= 11 is 0. The standard InChI is InChI=1S/C18H18O6S/c1-3-22-17-13-7-5-6-8-14(13)18(23-4-2)16-11-12(9-10-15(16)17)24-25(19,20)21/h5-11H,3-4H2,1-2H3,(H,19,20,21). The third-order valence-corrected chi connectivity index (χ3v) is 4.08. The SMILES string of the molecule is CCOc1c2ccccc2c(OCC)c2cc(OS(=O)(=O)O)ccc12. The Kier molecular flexibility index (Phi) is 4.69. The molecular formula is C18H18O6S. The zero-order valence-electron chi connectivity index (χ0n) is 13.9. The molecule has 25 heavy (non-hydrogen) atoms. The van der Waals surface area contributed by atoms with Crippen molar-refractivity contribution < 1.29 is 26.6 Å². The molecule has 0 aromatic heterocycles. The molecule has 7 heteroatoms. The molecule has 0 atom stereocenters. The Labute approximate surface area is 145 Å². The van der Waals surface area contributed by atoms with Gasteiger partial charge in [-0.1, -0.05) is 24.3 Å². The highest BCUT2D eigenvalue weighted by Crippen LogP contribution is 2.44. The molecule has 0 aliphatic carbocycles. The minimum absolute atomic E-state index is 0.00585. The Morgan fingerprint density at radius 3 is 1.88 bits per heavy atom. The molecule has 0 aliphatic rings. The van der Waals surface area contributed by atoms with E-state index < -0.39 is 10.4 Å². The summed E-state index contributed by atoms with van der Waals surface area (Å²) in [5.74, 6) is 1.29. The van der Waals surface area contributed by atoms with Crippen molar-refractivity contribution in [1.82, 2.24) is 0 Å². The molecule has 1 N–H and O–H groups in total. The molecule has 0 fully saturated rings. The zero-order valence-corrected chi connectivity index (χ0v) is 14.7. The molecule has 3 rings (SSSR count). The number of fused-ring (bicyclic) bond motifs is 2. The van der Waals surface area contributed by atoms with E-state index in [-0.39, 0.29) is 5.75 Å². The maximum atomic E-state index is 11.0. The van der Waals surface area contributed by atoms with Crippen LogP contribution in [0.15, 0.2) is 42.5 Å². The van der Waals surface area contributed by atoms with Crippen LogP contribution in [0.25, 0.3) is 21.5 Å². The van der Waals surface area contributed by atoms with E-state index in [9.17, 15) is 8.42 Å². The first-order valence-electron chi connectivity index (χ1n) is 7.85. The molecule has 0 saturated heterocycles. The lowest BCUT2D eigenvalue weighted by atomic mass is 10.0. The number of rotatable bonds is 6. The van der Waals surface area contributed by atoms with Crippen LogP contribution in [0, 0.1) is 0 Å². The average molecular weight is 362 g/mol. The van der Waals surface area contributed by atoms with Gasteiger partial charge in [0.2, 0.25) is 0 Å². The fraction of sp³-hybridized carbons (Fsp3) is 0.222. The van der Waals surface area contributed by atoms with Crippen molar-refractivity contribution in [1.29, 1.82) is 0 Å². The Morgan fingerprint density at radius 2 is 1.36 bits per heavy atom. The van der Waals surface area contributed by atoms with Crippen LogP contribution < -0.4 is 13.7 Å². The van der Waals surface area contributed by atoms with E-state index in [1.54, 1.807) is 6.07 Å². The average Bonchev–Trinajstić information content (AvgIpc) is 2.56. The Bertz CT molecular complexity index is 1030. The third kappa shape index (κ3) is 3.47. The predicted molar refractivity (Wildman–Crippen MR) is 96.0 cm³/mol. The fourth-order valence-corrected chi connectivity index (χ4v) is 3.20. The second kappa shape index (κ2) is 6.78. The van der Waals surface area contributed by atoms with E-state index in [4.69, 9.17) is 14.0 Å². The fourth-order valence-electron chi connectivity index (χ4n) is 2.85. The van der Waals surface area contributed by atoms with Crippen molar-refractivity contribution in [2.45, 2.75) is 13.8 Å². The lowest BCUT2D eigenvalue weighted by Gasteiger charge is -2.17. The molecule has 0 unspecified atom stereocenters. The zero-order chi connectivity index (χ0) is 18.0. The van der Waals surface area contributed by atoms with E-state index in [1.807, 2.05) is 38.1 Å². The van der Waals surface area contributed by atoms with E-state index in [2.05, 4.69) is 4.18 Å². The summed E-state index contributed by atoms with van der Waals surface area (Å²) in [7, 11) is -4.61. The summed E-state index contributed by atoms with van der Waals surface area (Å²) in [6, 6.07) is 12.3. The predicted octanol–water partition coefficient (Wildman–Crippen LogP) is 3.97. The quantitative estimate of drug-likeness (QED) is 0.528. The van der Waals surface area contributed by atoms with Gasteiger partial charge >= 0.3 is 10.4 Å². The minimum Gasteiger partial charge on any atom is -0.493 e. The molecule has 132 valence electrons. The number of hydrogen-bond acceptors (Lipinski definition) is 5. The summed E-state index contributed by atoms with van der Waals surface area (Å²) in [5, 5.41) is 3.17. The number of ether oxygens (including phenoxy) is 2. The molecule has 0 spiro atoms. The lowest BCUT2D eigenvalue weighted by molar-refractivity contribution is 0.342. The first kappa shape index (κ1) is 17.3. The van der Waals surface area contributed by atoms with Crippen molar-refractivity contribution in [3.63, 3.8) is 0 Å². The van der Waals surface area contributed by atoms with Gasteiger partial charge in [0.05, 0.1) is 13.2 Å². The molecule has 0 amide bonds. The molecule has 3 aromatic carbocycles. The smallest absolute Gasteiger partial charge is 0.446 e. The summed E-state index contributed by atoms with van der Waals surface area (Å²) in [4.78, 5) is 0. The van der Waals surface area contributed by atoms with Gasteiger partial charge in [-0.15, -0.1) is 0 Å². The van der Waals surface area contributed by atoms with E-state index in [1.165, 1.54) is 12.1 Å². The lowest BCUT2D eigenvalue weighted by Crippen LogP contribution is -2.06. The molecule has 6 nitrogen and oxygen atoms in total. The van der Waals surface area contributed by atoms with Crippen molar-refractivity contribution in [2.75, 3.05) is 13.2 Å². The maximum Gasteiger partial charge on any atom is 0.446 e. The van der Waals surface area contributed by atoms with Crippen LogP contribution >= 0.6 is 0 Å². The van der Waals surface area contributed by atoms with Crippen LogP contribution in [0.5, 0.6) is 17.2 Å². The van der Waals surface area contributed by atoms with Crippen LogP contribution in [-0.4, -0.2) is 26.2 Å². The van der Waals surface area contributed by atoms with E-state index in [0.29, 0.717) is 30.1 Å². The van der Waals surface area contributed by atoms with Gasteiger partial charge in [-0.05, 0) is 32.0 Å². The van der Waals surface area contributed by atoms with E-state index >= 15 is 0 Å². The van der Waals surface area contributed by atoms with Crippen molar-refractivity contribution in [3.8, 4) is 17.2 Å². The maximum absolute atomic E-state index is 11.0. The summed E-state index contributed by atoms with van der Waals surface area (Å²) in [6.07, 6.45) is 0. The van der Waals surface area contributed by atoms with Crippen molar-refractivity contribution in [2.24, 2.45) is 0 Å². The van der Waals surface area contributed by atoms with Crippen LogP contribution in [0.1, 0.15) is 13.8 Å². The Hall–Kier alpha value is -2.51. The van der Waals surface area contributed by atoms with Gasteiger partial charge < -0.3 is 13.7 Å². The molecule has 0 bridgehead atoms. The monoisotopic (exact) mass is 362 g/mol. The van der Waals surface area contributed by atoms with Gasteiger partial charge in [-0.3, -0.25) is 4.55 Å². The Balaban J connectivity index is 2.38. The normalized spacial score (nSPS) is 11.6. The topological polar surface area (TPSA) is 82.1 Å². The molecule has 3 aromatic rings. The second-order valence-electron chi connectivity index (χ2n) is 5.29. The number of hydrogen-bond donors (Lipinski definition) is 1. The molecule has 0 saturated carbocycles. The van der Waals surface area contributed by atoms with E-state index in [0.717, 1.165) is 16.2 Å². The molecule has 0 radical (unpaired) electrons. The highest BCUT2D eigenvalue weighted by atomic mass is 32.3. The molecule has 0 heterocycles. The Morgan fingerprint density at radius 1 is 0.840 bits per heavy atom. The van der Waals surface area contributed by atoms with Crippen molar-refractivity contribution >= 4 is 31.9 Å². The third-order valence-electron chi connectivity index (χ3n) is 3.68. The number of benzene rings is 3. The van der Waals surface area contributed by atoms with Crippen LogP contribution in [0.4, 0.5) is 0 Å². The van der Waals surface area contributed by atoms with Gasteiger partial charge in [-0.25, -0.2) is 0 Å². The van der Waals surface area contributed by atoms with Crippen LogP contribution in [-0.2, 0) is 10.4 Å². The van der Waals surface area contributed by atoms with Crippen LogP contribution in [0.2, 0.25) is 0 Å². The highest BCUT2D eigenvalue weighted by molar-refractivity contribution is 7.81. The van der Waals surface area contributed by atoms with Gasteiger partial charge in [0.15, 0.2) is 0 Å². The van der Waals surface area contributed by atoms with Gasteiger partial charge in [0.25, 0.3) is 0 Å². The first-order valence-corrected chi connectivity index (χ1v) is 9.22. The largest absolute Gasteiger partial charge is 0.493 e. The van der Waals surface area contributed by atoms with Gasteiger partial charge in [0.1, 0.15) is 17.2 Å². The highest BCUT2D eigenvalue weighted by Gasteiger charge is 2.17. The minimum atomic E-state index is -4.61. The summed E-state index contributed by atoms with van der Waals surface area (Å²) in [5.41, 5.74) is 0. The summed E-state index contributed by atoms with van der Waals surface area (Å²) in [6.45, 7) is 4.69. The molecular weight excluding hydrogens is 344 g/mol. The van der Waals surface area contributed by atoms with Crippen molar-refractivity contribution in [3.05, 3.63) is 42.5 Å². The van der Waals surface area contributed by atoms with Gasteiger partial charge in [0, 0.05) is 21.5 Å².